The summed E-state index contributed by atoms with van der Waals surface area (Å²) < 4.78 is 1.61. The van der Waals surface area contributed by atoms with Gasteiger partial charge in [-0.3, -0.25) is 9.48 Å². The van der Waals surface area contributed by atoms with Crippen LogP contribution in [0.25, 0.3) is 0 Å². The molecule has 0 saturated carbocycles. The van der Waals surface area contributed by atoms with Crippen molar-refractivity contribution in [3.63, 3.8) is 0 Å². The van der Waals surface area contributed by atoms with Crippen LogP contribution in [0.5, 0.6) is 0 Å². The Labute approximate surface area is 95.3 Å². The van der Waals surface area contributed by atoms with Crippen molar-refractivity contribution in [2.24, 2.45) is 0 Å². The summed E-state index contributed by atoms with van der Waals surface area (Å²) in [4.78, 5) is 11.5. The lowest BCUT2D eigenvalue weighted by Gasteiger charge is -2.06. The first-order valence-corrected chi connectivity index (χ1v) is 5.12. The molecule has 0 atom stereocenters. The van der Waals surface area contributed by atoms with Gasteiger partial charge in [-0.25, -0.2) is 0 Å². The predicted octanol–water partition coefficient (Wildman–Crippen LogP) is 0.774. The van der Waals surface area contributed by atoms with Crippen LogP contribution in [0.4, 0.5) is 5.69 Å². The van der Waals surface area contributed by atoms with Crippen LogP contribution >= 0.6 is 0 Å². The SMILES string of the molecule is C=C(C)CNC(=O)Cn1nc(C)c(N)c1C. The van der Waals surface area contributed by atoms with E-state index in [1.807, 2.05) is 20.8 Å². The monoisotopic (exact) mass is 222 g/mol. The molecule has 1 amide bonds. The molecule has 0 aliphatic carbocycles. The quantitative estimate of drug-likeness (QED) is 0.739. The van der Waals surface area contributed by atoms with E-state index in [9.17, 15) is 4.79 Å². The van der Waals surface area contributed by atoms with E-state index in [1.165, 1.54) is 0 Å². The number of nitrogens with one attached hydrogen (secondary N) is 1. The normalized spacial score (nSPS) is 10.2. The summed E-state index contributed by atoms with van der Waals surface area (Å²) in [5.41, 5.74) is 8.91. The molecule has 5 heteroatoms. The van der Waals surface area contributed by atoms with Crippen LogP contribution in [0.15, 0.2) is 12.2 Å². The van der Waals surface area contributed by atoms with E-state index >= 15 is 0 Å². The molecule has 0 bridgehead atoms. The molecule has 0 aliphatic heterocycles. The van der Waals surface area contributed by atoms with Crippen LogP contribution in [0.1, 0.15) is 18.3 Å². The van der Waals surface area contributed by atoms with Gasteiger partial charge in [-0.15, -0.1) is 0 Å². The molecule has 0 fully saturated rings. The molecule has 1 aromatic heterocycles. The predicted molar refractivity (Wildman–Crippen MR) is 63.9 cm³/mol. The van der Waals surface area contributed by atoms with Gasteiger partial charge in [0, 0.05) is 6.54 Å². The molecule has 0 aliphatic rings. The molecule has 1 heterocycles. The second-order valence-corrected chi connectivity index (χ2v) is 3.98. The molecular weight excluding hydrogens is 204 g/mol. The molecule has 3 N–H and O–H groups in total. The van der Waals surface area contributed by atoms with Crippen LogP contribution in [0.3, 0.4) is 0 Å². The van der Waals surface area contributed by atoms with Gasteiger partial charge in [0.15, 0.2) is 0 Å². The van der Waals surface area contributed by atoms with Gasteiger partial charge in [0.25, 0.3) is 0 Å². The summed E-state index contributed by atoms with van der Waals surface area (Å²) in [6.45, 7) is 9.93. The first kappa shape index (κ1) is 12.3. The molecular formula is C11H18N4O. The van der Waals surface area contributed by atoms with Crippen molar-refractivity contribution in [1.82, 2.24) is 15.1 Å². The number of rotatable bonds is 4. The van der Waals surface area contributed by atoms with Gasteiger partial charge in [-0.1, -0.05) is 12.2 Å². The van der Waals surface area contributed by atoms with Crippen LogP contribution in [-0.2, 0) is 11.3 Å². The minimum atomic E-state index is -0.0893. The molecule has 1 rings (SSSR count). The van der Waals surface area contributed by atoms with Crippen molar-refractivity contribution in [1.29, 1.82) is 0 Å². The number of anilines is 1. The Balaban J connectivity index is 2.63. The molecule has 0 radical (unpaired) electrons. The Bertz CT molecular complexity index is 420. The second kappa shape index (κ2) is 4.83. The zero-order valence-corrected chi connectivity index (χ0v) is 10.0. The third kappa shape index (κ3) is 2.85. The summed E-state index contributed by atoms with van der Waals surface area (Å²) >= 11 is 0. The zero-order valence-electron chi connectivity index (χ0n) is 10.0. The van der Waals surface area contributed by atoms with Crippen molar-refractivity contribution < 1.29 is 4.79 Å². The van der Waals surface area contributed by atoms with Crippen molar-refractivity contribution in [3.8, 4) is 0 Å². The van der Waals surface area contributed by atoms with E-state index in [0.29, 0.717) is 12.2 Å². The fourth-order valence-corrected chi connectivity index (χ4v) is 1.31. The molecule has 16 heavy (non-hydrogen) atoms. The largest absolute Gasteiger partial charge is 0.396 e. The average Bonchev–Trinajstić information content (AvgIpc) is 2.43. The third-order valence-corrected chi connectivity index (χ3v) is 2.32. The molecule has 0 unspecified atom stereocenters. The van der Waals surface area contributed by atoms with Crippen LogP contribution in [0, 0.1) is 13.8 Å². The number of aryl methyl sites for hydroxylation is 1. The maximum absolute atomic E-state index is 11.5. The topological polar surface area (TPSA) is 72.9 Å². The van der Waals surface area contributed by atoms with Crippen LogP contribution in [0.2, 0.25) is 0 Å². The highest BCUT2D eigenvalue weighted by atomic mass is 16.2. The second-order valence-electron chi connectivity index (χ2n) is 3.98. The van der Waals surface area contributed by atoms with E-state index in [0.717, 1.165) is 17.0 Å². The first-order valence-electron chi connectivity index (χ1n) is 5.12. The van der Waals surface area contributed by atoms with Crippen molar-refractivity contribution >= 4 is 11.6 Å². The minimum absolute atomic E-state index is 0.0893. The maximum Gasteiger partial charge on any atom is 0.242 e. The Morgan fingerprint density at radius 1 is 1.56 bits per heavy atom. The first-order chi connectivity index (χ1) is 7.41. The molecule has 5 nitrogen and oxygen atoms in total. The van der Waals surface area contributed by atoms with Crippen molar-refractivity contribution in [2.75, 3.05) is 12.3 Å². The lowest BCUT2D eigenvalue weighted by Crippen LogP contribution is -2.29. The Hall–Kier alpha value is -1.78. The number of amides is 1. The van der Waals surface area contributed by atoms with E-state index in [4.69, 9.17) is 5.73 Å². The Morgan fingerprint density at radius 3 is 2.62 bits per heavy atom. The standard InChI is InChI=1S/C11H18N4O/c1-7(2)5-13-10(16)6-15-9(4)11(12)8(3)14-15/h1,5-6,12H2,2-4H3,(H,13,16). The lowest BCUT2D eigenvalue weighted by molar-refractivity contribution is -0.121. The van der Waals surface area contributed by atoms with Gasteiger partial charge >= 0.3 is 0 Å². The van der Waals surface area contributed by atoms with Gasteiger partial charge in [0.05, 0.1) is 17.1 Å². The Kier molecular flexibility index (Phi) is 3.71. The number of hydrogen-bond acceptors (Lipinski definition) is 3. The summed E-state index contributed by atoms with van der Waals surface area (Å²) in [7, 11) is 0. The Morgan fingerprint density at radius 2 is 2.19 bits per heavy atom. The summed E-state index contributed by atoms with van der Waals surface area (Å²) in [6, 6.07) is 0. The highest BCUT2D eigenvalue weighted by Gasteiger charge is 2.10. The van der Waals surface area contributed by atoms with E-state index < -0.39 is 0 Å². The fourth-order valence-electron chi connectivity index (χ4n) is 1.31. The molecule has 1 aromatic rings. The molecule has 0 spiro atoms. The zero-order chi connectivity index (χ0) is 12.3. The van der Waals surface area contributed by atoms with Gasteiger partial charge in [0.1, 0.15) is 6.54 Å². The molecule has 0 saturated heterocycles. The number of nitrogens with zero attached hydrogens (tertiary/aromatic N) is 2. The number of carbonyl (C=O) groups excluding carboxylic acids is 1. The van der Waals surface area contributed by atoms with E-state index in [-0.39, 0.29) is 12.5 Å². The maximum atomic E-state index is 11.5. The van der Waals surface area contributed by atoms with Gasteiger partial charge in [0.2, 0.25) is 5.91 Å². The summed E-state index contributed by atoms with van der Waals surface area (Å²) in [5, 5.41) is 6.93. The number of nitrogens with two attached hydrogens (primary N) is 1. The third-order valence-electron chi connectivity index (χ3n) is 2.32. The number of nitrogen functional groups attached to an aromatic ring is 1. The minimum Gasteiger partial charge on any atom is -0.396 e. The van der Waals surface area contributed by atoms with Crippen LogP contribution in [-0.4, -0.2) is 22.2 Å². The highest BCUT2D eigenvalue weighted by molar-refractivity contribution is 5.76. The fraction of sp³-hybridized carbons (Fsp3) is 0.455. The average molecular weight is 222 g/mol. The molecule has 88 valence electrons. The molecule has 0 aromatic carbocycles. The van der Waals surface area contributed by atoms with Crippen molar-refractivity contribution in [2.45, 2.75) is 27.3 Å². The highest BCUT2D eigenvalue weighted by Crippen LogP contribution is 2.14. The lowest BCUT2D eigenvalue weighted by atomic mass is 10.3. The number of hydrogen-bond donors (Lipinski definition) is 2. The number of aromatic nitrogens is 2. The van der Waals surface area contributed by atoms with E-state index in [2.05, 4.69) is 17.0 Å². The summed E-state index contributed by atoms with van der Waals surface area (Å²) in [5.74, 6) is -0.0893. The van der Waals surface area contributed by atoms with Gasteiger partial charge in [-0.2, -0.15) is 5.10 Å². The van der Waals surface area contributed by atoms with Crippen LogP contribution < -0.4 is 11.1 Å². The van der Waals surface area contributed by atoms with Crippen molar-refractivity contribution in [3.05, 3.63) is 23.5 Å². The smallest absolute Gasteiger partial charge is 0.242 e. The van der Waals surface area contributed by atoms with Gasteiger partial charge in [-0.05, 0) is 20.8 Å². The van der Waals surface area contributed by atoms with E-state index in [1.54, 1.807) is 4.68 Å². The number of carbonyl (C=O) groups is 1. The summed E-state index contributed by atoms with van der Waals surface area (Å²) in [6.07, 6.45) is 0. The van der Waals surface area contributed by atoms with Gasteiger partial charge < -0.3 is 11.1 Å².